The van der Waals surface area contributed by atoms with Crippen molar-refractivity contribution in [2.75, 3.05) is 6.54 Å². The van der Waals surface area contributed by atoms with E-state index < -0.39 is 16.6 Å². The zero-order chi connectivity index (χ0) is 16.0. The summed E-state index contributed by atoms with van der Waals surface area (Å²) in [6.07, 6.45) is -0.456. The van der Waals surface area contributed by atoms with Gasteiger partial charge in [0.15, 0.2) is 0 Å². The predicted octanol–water partition coefficient (Wildman–Crippen LogP) is 2.66. The lowest BCUT2D eigenvalue weighted by atomic mass is 10.2. The maximum atomic E-state index is 11.5. The molecule has 21 heavy (non-hydrogen) atoms. The molecule has 1 atom stereocenters. The van der Waals surface area contributed by atoms with E-state index >= 15 is 0 Å². The van der Waals surface area contributed by atoms with Crippen LogP contribution in [0.5, 0.6) is 0 Å². The molecule has 0 fully saturated rings. The van der Waals surface area contributed by atoms with Gasteiger partial charge in [0.05, 0.1) is 4.92 Å². The van der Waals surface area contributed by atoms with Gasteiger partial charge in [-0.15, -0.1) is 0 Å². The fraction of sp³-hybridized carbons (Fsp3) is 0.615. The zero-order valence-corrected chi connectivity index (χ0v) is 13.5. The van der Waals surface area contributed by atoms with E-state index in [9.17, 15) is 14.9 Å². The molecule has 0 saturated heterocycles. The molecule has 1 aromatic rings. The Labute approximate surface area is 127 Å². The minimum absolute atomic E-state index is 0.0245. The van der Waals surface area contributed by atoms with Crippen LogP contribution in [0, 0.1) is 10.1 Å². The van der Waals surface area contributed by atoms with Gasteiger partial charge in [0.25, 0.3) is 0 Å². The number of hydrogen-bond donors (Lipinski definition) is 2. The molecular weight excluding hydrogens is 294 g/mol. The van der Waals surface area contributed by atoms with Crippen LogP contribution in [0.15, 0.2) is 11.4 Å². The molecule has 0 bridgehead atoms. The number of amides is 1. The molecule has 8 heteroatoms. The maximum absolute atomic E-state index is 11.5. The average Bonchev–Trinajstić information content (AvgIpc) is 2.80. The molecule has 1 aromatic heterocycles. The number of thiophene rings is 1. The SMILES string of the molecule is CC(CNC(=O)OC(C)(C)C)NCc1csc([N+](=O)[O-])c1. The summed E-state index contributed by atoms with van der Waals surface area (Å²) < 4.78 is 5.13. The third kappa shape index (κ3) is 7.05. The number of ether oxygens (including phenoxy) is 1. The number of nitrogens with one attached hydrogen (secondary N) is 2. The summed E-state index contributed by atoms with van der Waals surface area (Å²) in [6.45, 7) is 8.26. The molecule has 1 amide bonds. The van der Waals surface area contributed by atoms with Crippen LogP contribution in [0.4, 0.5) is 9.80 Å². The Kier molecular flexibility index (Phi) is 6.10. The first-order valence-corrected chi connectivity index (χ1v) is 7.47. The van der Waals surface area contributed by atoms with E-state index in [0.29, 0.717) is 13.1 Å². The molecule has 0 aliphatic rings. The van der Waals surface area contributed by atoms with Crippen LogP contribution in [0.3, 0.4) is 0 Å². The maximum Gasteiger partial charge on any atom is 0.407 e. The molecule has 7 nitrogen and oxygen atoms in total. The van der Waals surface area contributed by atoms with E-state index in [4.69, 9.17) is 4.74 Å². The fourth-order valence-electron chi connectivity index (χ4n) is 1.47. The minimum atomic E-state index is -0.517. The molecule has 2 N–H and O–H groups in total. The fourth-order valence-corrected chi connectivity index (χ4v) is 2.19. The number of nitrogens with zero attached hydrogens (tertiary/aromatic N) is 1. The van der Waals surface area contributed by atoms with Gasteiger partial charge in [-0.3, -0.25) is 10.1 Å². The van der Waals surface area contributed by atoms with Gasteiger partial charge in [-0.25, -0.2) is 4.79 Å². The van der Waals surface area contributed by atoms with E-state index in [-0.39, 0.29) is 11.0 Å². The Morgan fingerprint density at radius 2 is 2.19 bits per heavy atom. The van der Waals surface area contributed by atoms with Gasteiger partial charge in [0, 0.05) is 30.6 Å². The van der Waals surface area contributed by atoms with Crippen LogP contribution < -0.4 is 10.6 Å². The zero-order valence-electron chi connectivity index (χ0n) is 12.6. The third-order valence-electron chi connectivity index (χ3n) is 2.43. The molecule has 0 aliphatic carbocycles. The van der Waals surface area contributed by atoms with Crippen LogP contribution in [-0.4, -0.2) is 29.2 Å². The van der Waals surface area contributed by atoms with Gasteiger partial charge in [-0.1, -0.05) is 11.3 Å². The predicted molar refractivity (Wildman–Crippen MR) is 81.5 cm³/mol. The topological polar surface area (TPSA) is 93.5 Å². The Morgan fingerprint density at radius 1 is 1.52 bits per heavy atom. The summed E-state index contributed by atoms with van der Waals surface area (Å²) in [5.74, 6) is 0. The van der Waals surface area contributed by atoms with Crippen molar-refractivity contribution in [2.45, 2.75) is 45.9 Å². The first-order valence-electron chi connectivity index (χ1n) is 6.59. The molecule has 118 valence electrons. The first-order chi connectivity index (χ1) is 9.67. The van der Waals surface area contributed by atoms with Crippen molar-refractivity contribution in [3.05, 3.63) is 27.1 Å². The van der Waals surface area contributed by atoms with Gasteiger partial charge in [-0.2, -0.15) is 0 Å². The standard InChI is InChI=1S/C13H21N3O4S/c1-9(6-15-12(17)20-13(2,3)4)14-7-10-5-11(16(18)19)21-8-10/h5,8-9,14H,6-7H2,1-4H3,(H,15,17). The van der Waals surface area contributed by atoms with E-state index in [2.05, 4.69) is 10.6 Å². The molecule has 0 aromatic carbocycles. The average molecular weight is 315 g/mol. The van der Waals surface area contributed by atoms with Crippen LogP contribution >= 0.6 is 11.3 Å². The highest BCUT2D eigenvalue weighted by molar-refractivity contribution is 7.13. The highest BCUT2D eigenvalue weighted by Gasteiger charge is 2.16. The number of nitro groups is 1. The number of carbonyl (C=O) groups is 1. The molecule has 0 radical (unpaired) electrons. The molecule has 1 unspecified atom stereocenters. The first kappa shape index (κ1) is 17.4. The second-order valence-corrected chi connectivity index (χ2v) is 6.60. The highest BCUT2D eigenvalue weighted by Crippen LogP contribution is 2.22. The third-order valence-corrected chi connectivity index (χ3v) is 3.35. The Balaban J connectivity index is 2.29. The second kappa shape index (κ2) is 7.37. The number of carbonyl (C=O) groups excluding carboxylic acids is 1. The van der Waals surface area contributed by atoms with E-state index in [0.717, 1.165) is 16.9 Å². The quantitative estimate of drug-likeness (QED) is 0.622. The van der Waals surface area contributed by atoms with Crippen molar-refractivity contribution >= 4 is 22.4 Å². The lowest BCUT2D eigenvalue weighted by Crippen LogP contribution is -2.40. The van der Waals surface area contributed by atoms with Crippen LogP contribution in [0.2, 0.25) is 0 Å². The molecular formula is C13H21N3O4S. The molecule has 0 spiro atoms. The minimum Gasteiger partial charge on any atom is -0.444 e. The molecule has 1 rings (SSSR count). The molecule has 1 heterocycles. The van der Waals surface area contributed by atoms with E-state index in [1.165, 1.54) is 0 Å². The van der Waals surface area contributed by atoms with Crippen molar-refractivity contribution in [2.24, 2.45) is 0 Å². The van der Waals surface area contributed by atoms with Gasteiger partial charge >= 0.3 is 11.1 Å². The number of alkyl carbamates (subject to hydrolysis) is 1. The number of rotatable bonds is 6. The van der Waals surface area contributed by atoms with Crippen LogP contribution in [0.1, 0.15) is 33.3 Å². The summed E-state index contributed by atoms with van der Waals surface area (Å²) in [7, 11) is 0. The van der Waals surface area contributed by atoms with Gasteiger partial charge < -0.3 is 15.4 Å². The van der Waals surface area contributed by atoms with E-state index in [1.807, 2.05) is 6.92 Å². The van der Waals surface area contributed by atoms with Crippen molar-refractivity contribution < 1.29 is 14.5 Å². The lowest BCUT2D eigenvalue weighted by Gasteiger charge is -2.21. The monoisotopic (exact) mass is 315 g/mol. The summed E-state index contributed by atoms with van der Waals surface area (Å²) in [4.78, 5) is 21.7. The Morgan fingerprint density at radius 3 is 2.71 bits per heavy atom. The highest BCUT2D eigenvalue weighted by atomic mass is 32.1. The molecule has 0 aliphatic heterocycles. The lowest BCUT2D eigenvalue weighted by molar-refractivity contribution is -0.380. The van der Waals surface area contributed by atoms with Crippen molar-refractivity contribution in [1.29, 1.82) is 0 Å². The van der Waals surface area contributed by atoms with Gasteiger partial charge in [0.1, 0.15) is 5.60 Å². The van der Waals surface area contributed by atoms with Crippen LogP contribution in [-0.2, 0) is 11.3 Å². The van der Waals surface area contributed by atoms with Crippen molar-refractivity contribution in [1.82, 2.24) is 10.6 Å². The summed E-state index contributed by atoms with van der Waals surface area (Å²) in [5.41, 5.74) is 0.340. The largest absolute Gasteiger partial charge is 0.444 e. The summed E-state index contributed by atoms with van der Waals surface area (Å²) in [6, 6.07) is 1.57. The smallest absolute Gasteiger partial charge is 0.407 e. The number of hydrogen-bond acceptors (Lipinski definition) is 6. The van der Waals surface area contributed by atoms with E-state index in [1.54, 1.807) is 32.2 Å². The second-order valence-electron chi connectivity index (χ2n) is 5.72. The normalized spacial score (nSPS) is 12.8. The summed E-state index contributed by atoms with van der Waals surface area (Å²) >= 11 is 1.11. The Hall–Kier alpha value is -1.67. The van der Waals surface area contributed by atoms with Gasteiger partial charge in [0.2, 0.25) is 0 Å². The van der Waals surface area contributed by atoms with Crippen LogP contribution in [0.25, 0.3) is 0 Å². The van der Waals surface area contributed by atoms with Crippen molar-refractivity contribution in [3.8, 4) is 0 Å². The Bertz CT molecular complexity index is 496. The summed E-state index contributed by atoms with van der Waals surface area (Å²) in [5, 5.41) is 18.3. The van der Waals surface area contributed by atoms with Crippen molar-refractivity contribution in [3.63, 3.8) is 0 Å². The molecule has 0 saturated carbocycles. The van der Waals surface area contributed by atoms with Gasteiger partial charge in [-0.05, 0) is 33.3 Å².